The highest BCUT2D eigenvalue weighted by atomic mass is 32.2. The van der Waals surface area contributed by atoms with Crippen LogP contribution in [0.15, 0.2) is 70.6 Å². The van der Waals surface area contributed by atoms with E-state index in [9.17, 15) is 13.2 Å². The first-order valence-corrected chi connectivity index (χ1v) is 13.0. The Kier molecular flexibility index (Phi) is 6.58. The molecule has 34 heavy (non-hydrogen) atoms. The van der Waals surface area contributed by atoms with Crippen LogP contribution in [-0.4, -0.2) is 26.0 Å². The van der Waals surface area contributed by atoms with Crippen molar-refractivity contribution in [2.75, 3.05) is 11.8 Å². The summed E-state index contributed by atoms with van der Waals surface area (Å²) in [5.74, 6) is 0.173. The molecule has 7 nitrogen and oxygen atoms in total. The van der Waals surface area contributed by atoms with Gasteiger partial charge < -0.3 is 9.30 Å². The van der Waals surface area contributed by atoms with E-state index in [1.54, 1.807) is 43.5 Å². The molecule has 0 aliphatic rings. The first-order valence-electron chi connectivity index (χ1n) is 10.7. The van der Waals surface area contributed by atoms with Gasteiger partial charge in [0.2, 0.25) is 0 Å². The summed E-state index contributed by atoms with van der Waals surface area (Å²) in [6, 6.07) is 16.9. The lowest BCUT2D eigenvalue weighted by molar-refractivity contribution is 0.0998. The number of nitrogens with zero attached hydrogens (tertiary/aromatic N) is 2. The molecule has 0 radical (unpaired) electrons. The summed E-state index contributed by atoms with van der Waals surface area (Å²) in [6.07, 6.45) is 0. The van der Waals surface area contributed by atoms with Crippen LogP contribution in [0.2, 0.25) is 0 Å². The lowest BCUT2D eigenvalue weighted by Gasteiger charge is -2.11. The summed E-state index contributed by atoms with van der Waals surface area (Å²) in [5.41, 5.74) is 3.24. The Balaban J connectivity index is 1.78. The quantitative estimate of drug-likeness (QED) is 0.412. The van der Waals surface area contributed by atoms with Crippen molar-refractivity contribution < 1.29 is 17.9 Å². The Hall–Kier alpha value is -3.43. The smallest absolute Gasteiger partial charge is 0.281 e. The van der Waals surface area contributed by atoms with Gasteiger partial charge >= 0.3 is 0 Å². The molecule has 1 heterocycles. The predicted molar refractivity (Wildman–Crippen MR) is 135 cm³/mol. The number of carbonyl (C=O) groups is 1. The summed E-state index contributed by atoms with van der Waals surface area (Å²) in [6.45, 7) is 6.45. The van der Waals surface area contributed by atoms with Gasteiger partial charge in [-0.2, -0.15) is 4.99 Å². The summed E-state index contributed by atoms with van der Waals surface area (Å²) in [7, 11) is -2.26. The Labute approximate surface area is 202 Å². The number of methoxy groups -OCH3 is 1. The van der Waals surface area contributed by atoms with E-state index in [1.807, 2.05) is 37.5 Å². The lowest BCUT2D eigenvalue weighted by Crippen LogP contribution is -2.18. The Morgan fingerprint density at radius 3 is 2.44 bits per heavy atom. The molecule has 0 saturated carbocycles. The van der Waals surface area contributed by atoms with Gasteiger partial charge in [-0.3, -0.25) is 9.52 Å². The van der Waals surface area contributed by atoms with Crippen molar-refractivity contribution in [3.8, 4) is 5.75 Å². The number of sulfonamides is 1. The topological polar surface area (TPSA) is 89.8 Å². The van der Waals surface area contributed by atoms with Crippen LogP contribution >= 0.6 is 11.3 Å². The van der Waals surface area contributed by atoms with Gasteiger partial charge in [-0.15, -0.1) is 0 Å². The number of aromatic nitrogens is 1. The van der Waals surface area contributed by atoms with Gasteiger partial charge in [0, 0.05) is 6.54 Å². The molecule has 3 aromatic carbocycles. The van der Waals surface area contributed by atoms with E-state index in [-0.39, 0.29) is 16.1 Å². The van der Waals surface area contributed by atoms with Crippen molar-refractivity contribution in [3.05, 3.63) is 82.2 Å². The number of para-hydroxylation sites is 1. The van der Waals surface area contributed by atoms with Crippen molar-refractivity contribution in [1.29, 1.82) is 0 Å². The van der Waals surface area contributed by atoms with Crippen molar-refractivity contribution >= 4 is 43.2 Å². The Bertz CT molecular complexity index is 1550. The number of hydrogen-bond acceptors (Lipinski definition) is 5. The van der Waals surface area contributed by atoms with Crippen molar-refractivity contribution in [3.63, 3.8) is 0 Å². The predicted octanol–water partition coefficient (Wildman–Crippen LogP) is 4.89. The average molecular weight is 496 g/mol. The van der Waals surface area contributed by atoms with Crippen LogP contribution in [0.4, 0.5) is 5.69 Å². The number of ether oxygens (including phenoxy) is 1. The number of amides is 1. The molecule has 0 bridgehead atoms. The fourth-order valence-corrected chi connectivity index (χ4v) is 5.91. The molecule has 9 heteroatoms. The highest BCUT2D eigenvalue weighted by molar-refractivity contribution is 7.92. The molecule has 1 aromatic heterocycles. The minimum atomic E-state index is -3.87. The fourth-order valence-electron chi connectivity index (χ4n) is 3.65. The van der Waals surface area contributed by atoms with Crippen LogP contribution in [0.5, 0.6) is 5.75 Å². The van der Waals surface area contributed by atoms with Crippen LogP contribution in [0.1, 0.15) is 28.4 Å². The molecule has 0 spiro atoms. The van der Waals surface area contributed by atoms with E-state index in [2.05, 4.69) is 9.71 Å². The van der Waals surface area contributed by atoms with Gasteiger partial charge in [0.1, 0.15) is 11.3 Å². The molecular weight excluding hydrogens is 470 g/mol. The summed E-state index contributed by atoms with van der Waals surface area (Å²) in [5, 5.41) is 0. The van der Waals surface area contributed by atoms with Crippen LogP contribution in [0, 0.1) is 13.8 Å². The number of anilines is 1. The van der Waals surface area contributed by atoms with E-state index in [4.69, 9.17) is 4.74 Å². The van der Waals surface area contributed by atoms with Crippen molar-refractivity contribution in [1.82, 2.24) is 4.57 Å². The summed E-state index contributed by atoms with van der Waals surface area (Å²) >= 11 is 1.40. The van der Waals surface area contributed by atoms with Gasteiger partial charge in [0.15, 0.2) is 4.80 Å². The Morgan fingerprint density at radius 1 is 1.06 bits per heavy atom. The van der Waals surface area contributed by atoms with E-state index in [0.717, 1.165) is 21.3 Å². The van der Waals surface area contributed by atoms with E-state index >= 15 is 0 Å². The number of fused-ring (bicyclic) bond motifs is 1. The SMILES string of the molecule is CCn1c(=NC(=O)c2ccccc2NS(=O)(=O)c2ccc(C)cc2)sc2c(C)ccc(OC)c21. The molecule has 0 atom stereocenters. The molecule has 0 aliphatic carbocycles. The first kappa shape index (κ1) is 23.7. The normalized spacial score (nSPS) is 12.2. The third kappa shape index (κ3) is 4.49. The molecule has 4 rings (SSSR count). The number of benzene rings is 3. The number of hydrogen-bond donors (Lipinski definition) is 1. The minimum Gasteiger partial charge on any atom is -0.495 e. The molecule has 0 saturated heterocycles. The maximum Gasteiger partial charge on any atom is 0.281 e. The highest BCUT2D eigenvalue weighted by Crippen LogP contribution is 2.30. The molecule has 0 unspecified atom stereocenters. The monoisotopic (exact) mass is 495 g/mol. The largest absolute Gasteiger partial charge is 0.495 e. The highest BCUT2D eigenvalue weighted by Gasteiger charge is 2.19. The molecular formula is C25H25N3O4S2. The van der Waals surface area contributed by atoms with Gasteiger partial charge in [-0.25, -0.2) is 8.42 Å². The summed E-state index contributed by atoms with van der Waals surface area (Å²) < 4.78 is 36.8. The van der Waals surface area contributed by atoms with Crippen LogP contribution in [0.3, 0.4) is 0 Å². The molecule has 4 aromatic rings. The zero-order chi connectivity index (χ0) is 24.5. The van der Waals surface area contributed by atoms with Crippen LogP contribution in [-0.2, 0) is 16.6 Å². The van der Waals surface area contributed by atoms with Gasteiger partial charge in [-0.1, -0.05) is 47.2 Å². The van der Waals surface area contributed by atoms with Crippen molar-refractivity contribution in [2.24, 2.45) is 4.99 Å². The molecule has 0 aliphatic heterocycles. The zero-order valence-corrected chi connectivity index (χ0v) is 21.0. The van der Waals surface area contributed by atoms with Gasteiger partial charge in [0.05, 0.1) is 28.0 Å². The van der Waals surface area contributed by atoms with E-state index < -0.39 is 15.9 Å². The molecule has 0 fully saturated rings. The lowest BCUT2D eigenvalue weighted by atomic mass is 10.2. The van der Waals surface area contributed by atoms with E-state index in [1.165, 1.54) is 23.5 Å². The third-order valence-corrected chi connectivity index (χ3v) is 8.05. The molecule has 176 valence electrons. The molecule has 1 amide bonds. The second-order valence-electron chi connectivity index (χ2n) is 7.77. The van der Waals surface area contributed by atoms with E-state index in [0.29, 0.717) is 17.1 Å². The fraction of sp³-hybridized carbons (Fsp3) is 0.200. The number of rotatable bonds is 6. The first-order chi connectivity index (χ1) is 16.2. The number of thiazole rings is 1. The minimum absolute atomic E-state index is 0.119. The zero-order valence-electron chi connectivity index (χ0n) is 19.3. The second kappa shape index (κ2) is 9.44. The maximum absolute atomic E-state index is 13.2. The third-order valence-electron chi connectivity index (χ3n) is 5.45. The second-order valence-corrected chi connectivity index (χ2v) is 10.4. The number of aryl methyl sites for hydroxylation is 3. The number of carbonyl (C=O) groups excluding carboxylic acids is 1. The maximum atomic E-state index is 13.2. The average Bonchev–Trinajstić information content (AvgIpc) is 3.18. The van der Waals surface area contributed by atoms with Crippen molar-refractivity contribution in [2.45, 2.75) is 32.2 Å². The number of nitrogens with one attached hydrogen (secondary N) is 1. The molecule has 1 N–H and O–H groups in total. The standard InChI is InChI=1S/C25H25N3O4S2/c1-5-28-22-21(32-4)15-12-17(3)23(22)33-25(28)26-24(29)19-8-6-7-9-20(19)27-34(30,31)18-13-10-16(2)11-14-18/h6-15,27H,5H2,1-4H3. The van der Waals surface area contributed by atoms with Gasteiger partial charge in [-0.05, 0) is 56.7 Å². The Morgan fingerprint density at radius 2 is 1.76 bits per heavy atom. The van der Waals surface area contributed by atoms with Crippen LogP contribution < -0.4 is 14.3 Å². The van der Waals surface area contributed by atoms with Crippen LogP contribution in [0.25, 0.3) is 10.2 Å². The summed E-state index contributed by atoms with van der Waals surface area (Å²) in [4.78, 5) is 18.3. The van der Waals surface area contributed by atoms with Gasteiger partial charge in [0.25, 0.3) is 15.9 Å².